The molecule has 2 rings (SSSR count). The third-order valence-electron chi connectivity index (χ3n) is 3.26. The van der Waals surface area contributed by atoms with Gasteiger partial charge in [-0.15, -0.1) is 11.3 Å². The van der Waals surface area contributed by atoms with Gasteiger partial charge in [0.05, 0.1) is 0 Å². The lowest BCUT2D eigenvalue weighted by Crippen LogP contribution is -2.13. The van der Waals surface area contributed by atoms with Gasteiger partial charge < -0.3 is 5.32 Å². The molecule has 0 fully saturated rings. The summed E-state index contributed by atoms with van der Waals surface area (Å²) in [6.07, 6.45) is 6.16. The number of hydrogen-bond acceptors (Lipinski definition) is 3. The van der Waals surface area contributed by atoms with Crippen molar-refractivity contribution < 1.29 is 0 Å². The largest absolute Gasteiger partial charge is 0.312 e. The second kappa shape index (κ2) is 9.22. The number of nitrogens with one attached hydrogen (secondary N) is 1. The van der Waals surface area contributed by atoms with Crippen LogP contribution < -0.4 is 5.32 Å². The lowest BCUT2D eigenvalue weighted by atomic mass is 10.1. The van der Waals surface area contributed by atoms with E-state index < -0.39 is 0 Å². The van der Waals surface area contributed by atoms with E-state index in [0.717, 1.165) is 13.1 Å². The molecular formula is C17H23NS2. The summed E-state index contributed by atoms with van der Waals surface area (Å²) in [5, 5.41) is 5.80. The van der Waals surface area contributed by atoms with E-state index in [0.29, 0.717) is 0 Å². The molecule has 0 spiro atoms. The van der Waals surface area contributed by atoms with Crippen LogP contribution in [0.4, 0.5) is 0 Å². The molecule has 1 heterocycles. The van der Waals surface area contributed by atoms with E-state index in [2.05, 4.69) is 53.4 Å². The van der Waals surface area contributed by atoms with Gasteiger partial charge in [0.2, 0.25) is 0 Å². The van der Waals surface area contributed by atoms with E-state index in [4.69, 9.17) is 0 Å². The van der Waals surface area contributed by atoms with Crippen molar-refractivity contribution in [2.45, 2.75) is 25.8 Å². The molecule has 20 heavy (non-hydrogen) atoms. The number of thiophene rings is 1. The molecule has 0 aliphatic carbocycles. The third-order valence-corrected chi connectivity index (χ3v) is 4.90. The fourth-order valence-corrected chi connectivity index (χ4v) is 3.50. The molecule has 1 aromatic heterocycles. The van der Waals surface area contributed by atoms with Gasteiger partial charge in [-0.25, -0.2) is 0 Å². The van der Waals surface area contributed by atoms with Crippen molar-refractivity contribution in [1.29, 1.82) is 0 Å². The van der Waals surface area contributed by atoms with E-state index in [9.17, 15) is 0 Å². The number of benzene rings is 1. The van der Waals surface area contributed by atoms with Gasteiger partial charge in [-0.2, -0.15) is 11.8 Å². The molecule has 3 heteroatoms. The van der Waals surface area contributed by atoms with Crippen molar-refractivity contribution in [1.82, 2.24) is 5.32 Å². The van der Waals surface area contributed by atoms with Crippen molar-refractivity contribution >= 4 is 23.1 Å². The Morgan fingerprint density at radius 2 is 1.90 bits per heavy atom. The highest BCUT2D eigenvalue weighted by molar-refractivity contribution is 7.98. The molecule has 0 bridgehead atoms. The quantitative estimate of drug-likeness (QED) is 0.651. The Balaban J connectivity index is 1.69. The molecule has 0 aliphatic rings. The Bertz CT molecular complexity index is 479. The summed E-state index contributed by atoms with van der Waals surface area (Å²) in [5.74, 6) is 1.30. The summed E-state index contributed by atoms with van der Waals surface area (Å²) in [4.78, 5) is 1.42. The average molecular weight is 306 g/mol. The number of hydrogen-bond donors (Lipinski definition) is 1. The van der Waals surface area contributed by atoms with Crippen LogP contribution in [-0.4, -0.2) is 18.6 Å². The highest BCUT2D eigenvalue weighted by Gasteiger charge is 2.01. The van der Waals surface area contributed by atoms with Gasteiger partial charge in [0.1, 0.15) is 0 Å². The van der Waals surface area contributed by atoms with Crippen molar-refractivity contribution in [3.8, 4) is 11.1 Å². The number of thioether (sulfide) groups is 1. The van der Waals surface area contributed by atoms with E-state index in [1.165, 1.54) is 41.0 Å². The monoisotopic (exact) mass is 305 g/mol. The van der Waals surface area contributed by atoms with Crippen molar-refractivity contribution in [3.63, 3.8) is 0 Å². The minimum atomic E-state index is 1.00. The normalized spacial score (nSPS) is 10.8. The zero-order chi connectivity index (χ0) is 14.0. The highest BCUT2D eigenvalue weighted by atomic mass is 32.2. The molecule has 0 amide bonds. The lowest BCUT2D eigenvalue weighted by molar-refractivity contribution is 0.622. The van der Waals surface area contributed by atoms with Gasteiger partial charge >= 0.3 is 0 Å². The molecule has 1 N–H and O–H groups in total. The minimum absolute atomic E-state index is 1.00. The average Bonchev–Trinajstić information content (AvgIpc) is 2.96. The molecule has 2 aromatic rings. The summed E-state index contributed by atoms with van der Waals surface area (Å²) in [6, 6.07) is 12.9. The summed E-state index contributed by atoms with van der Waals surface area (Å²) < 4.78 is 0. The lowest BCUT2D eigenvalue weighted by Gasteiger charge is -2.02. The standard InChI is InChI=1S/C17H23NS2/c1-19-11-7-3-6-10-18-13-17-12-16(14-20-17)15-8-4-2-5-9-15/h2,4-5,8-9,12,14,18H,3,6-7,10-11,13H2,1H3. The molecular weight excluding hydrogens is 282 g/mol. The molecule has 108 valence electrons. The summed E-state index contributed by atoms with van der Waals surface area (Å²) in [6.45, 7) is 2.13. The Labute approximate surface area is 130 Å². The van der Waals surface area contributed by atoms with Crippen molar-refractivity contribution in [2.75, 3.05) is 18.6 Å². The molecule has 0 unspecified atom stereocenters. The Kier molecular flexibility index (Phi) is 7.20. The van der Waals surface area contributed by atoms with E-state index in [-0.39, 0.29) is 0 Å². The molecule has 1 aromatic carbocycles. The van der Waals surface area contributed by atoms with Crippen LogP contribution >= 0.6 is 23.1 Å². The summed E-state index contributed by atoms with van der Waals surface area (Å²) in [5.41, 5.74) is 2.65. The fraction of sp³-hybridized carbons (Fsp3) is 0.412. The first-order valence-electron chi connectivity index (χ1n) is 7.22. The van der Waals surface area contributed by atoms with E-state index >= 15 is 0 Å². The molecule has 0 atom stereocenters. The smallest absolute Gasteiger partial charge is 0.0299 e. The SMILES string of the molecule is CSCCCCCNCc1cc(-c2ccccc2)cs1. The second-order valence-electron chi connectivity index (χ2n) is 4.90. The van der Waals surface area contributed by atoms with E-state index in [1.54, 1.807) is 0 Å². The van der Waals surface area contributed by atoms with Gasteiger partial charge in [0, 0.05) is 11.4 Å². The van der Waals surface area contributed by atoms with Crippen LogP contribution in [0, 0.1) is 0 Å². The van der Waals surface area contributed by atoms with Gasteiger partial charge in [-0.05, 0) is 54.0 Å². The van der Waals surface area contributed by atoms with Gasteiger partial charge in [0.25, 0.3) is 0 Å². The van der Waals surface area contributed by atoms with Gasteiger partial charge in [-0.3, -0.25) is 0 Å². The van der Waals surface area contributed by atoms with Crippen LogP contribution in [0.3, 0.4) is 0 Å². The fourth-order valence-electron chi connectivity index (χ4n) is 2.14. The molecule has 0 saturated carbocycles. The molecule has 0 saturated heterocycles. The maximum atomic E-state index is 3.55. The Morgan fingerprint density at radius 1 is 1.05 bits per heavy atom. The summed E-state index contributed by atoms with van der Waals surface area (Å²) >= 11 is 3.79. The van der Waals surface area contributed by atoms with Crippen LogP contribution in [0.15, 0.2) is 41.8 Å². The van der Waals surface area contributed by atoms with Crippen LogP contribution in [0.5, 0.6) is 0 Å². The van der Waals surface area contributed by atoms with Crippen LogP contribution in [-0.2, 0) is 6.54 Å². The predicted molar refractivity (Wildman–Crippen MR) is 93.7 cm³/mol. The number of unbranched alkanes of at least 4 members (excludes halogenated alkanes) is 2. The van der Waals surface area contributed by atoms with Crippen molar-refractivity contribution in [2.24, 2.45) is 0 Å². The number of rotatable bonds is 9. The highest BCUT2D eigenvalue weighted by Crippen LogP contribution is 2.25. The maximum absolute atomic E-state index is 3.55. The van der Waals surface area contributed by atoms with Crippen LogP contribution in [0.25, 0.3) is 11.1 Å². The first-order chi connectivity index (χ1) is 9.90. The van der Waals surface area contributed by atoms with E-state index in [1.807, 2.05) is 23.1 Å². The minimum Gasteiger partial charge on any atom is -0.312 e. The maximum Gasteiger partial charge on any atom is 0.0299 e. The topological polar surface area (TPSA) is 12.0 Å². The first kappa shape index (κ1) is 15.6. The molecule has 0 radical (unpaired) electrons. The second-order valence-corrected chi connectivity index (χ2v) is 6.88. The zero-order valence-corrected chi connectivity index (χ0v) is 13.7. The van der Waals surface area contributed by atoms with Crippen LogP contribution in [0.1, 0.15) is 24.1 Å². The van der Waals surface area contributed by atoms with Crippen LogP contribution in [0.2, 0.25) is 0 Å². The predicted octanol–water partition coefficient (Wildman–Crippen LogP) is 5.04. The molecule has 0 aliphatic heterocycles. The third kappa shape index (κ3) is 5.31. The van der Waals surface area contributed by atoms with Gasteiger partial charge in [-0.1, -0.05) is 36.8 Å². The summed E-state index contributed by atoms with van der Waals surface area (Å²) in [7, 11) is 0. The first-order valence-corrected chi connectivity index (χ1v) is 9.50. The molecule has 1 nitrogen and oxygen atoms in total. The van der Waals surface area contributed by atoms with Gasteiger partial charge in [0.15, 0.2) is 0 Å². The Hall–Kier alpha value is -0.770. The zero-order valence-electron chi connectivity index (χ0n) is 12.1. The Morgan fingerprint density at radius 3 is 2.70 bits per heavy atom. The van der Waals surface area contributed by atoms with Crippen molar-refractivity contribution in [3.05, 3.63) is 46.7 Å².